The maximum Gasteiger partial charge on any atom is 0.272 e. The molecule has 0 radical (unpaired) electrons. The molecule has 0 saturated carbocycles. The third-order valence-corrected chi connectivity index (χ3v) is 4.68. The Balaban J connectivity index is 2.25. The second-order valence-corrected chi connectivity index (χ2v) is 6.76. The van der Waals surface area contributed by atoms with E-state index in [0.29, 0.717) is 24.9 Å². The fourth-order valence-corrected chi connectivity index (χ4v) is 3.55. The smallest absolute Gasteiger partial charge is 0.272 e. The first-order valence-corrected chi connectivity index (χ1v) is 7.91. The number of aliphatic hydroxyl groups excluding tert-OH is 1. The molecule has 2 heterocycles. The van der Waals surface area contributed by atoms with Gasteiger partial charge >= 0.3 is 0 Å². The van der Waals surface area contributed by atoms with Crippen LogP contribution in [0.25, 0.3) is 0 Å². The molecular weight excluding hydrogens is 270 g/mol. The molecule has 7 nitrogen and oxygen atoms in total. The topological polar surface area (TPSA) is 101 Å². The Labute approximate surface area is 111 Å². The van der Waals surface area contributed by atoms with Crippen molar-refractivity contribution in [3.05, 3.63) is 17.0 Å². The van der Waals surface area contributed by atoms with E-state index in [2.05, 4.69) is 10.4 Å². The summed E-state index contributed by atoms with van der Waals surface area (Å²) in [6.07, 6.45) is 0.851. The Kier molecular flexibility index (Phi) is 3.91. The molecule has 1 aromatic heterocycles. The van der Waals surface area contributed by atoms with Gasteiger partial charge in [-0.15, -0.1) is 0 Å². The summed E-state index contributed by atoms with van der Waals surface area (Å²) >= 11 is 0. The lowest BCUT2D eigenvalue weighted by atomic mass is 10.1. The van der Waals surface area contributed by atoms with Crippen LogP contribution in [0.5, 0.6) is 0 Å². The van der Waals surface area contributed by atoms with Crippen molar-refractivity contribution >= 4 is 15.7 Å². The second-order valence-electron chi connectivity index (χ2n) is 4.57. The molecule has 1 amide bonds. The molecule has 0 aliphatic carbocycles. The largest absolute Gasteiger partial charge is 0.396 e. The van der Waals surface area contributed by atoms with Crippen LogP contribution in [0, 0.1) is 0 Å². The lowest BCUT2D eigenvalue weighted by molar-refractivity contribution is 0.0945. The van der Waals surface area contributed by atoms with E-state index in [1.54, 1.807) is 11.7 Å². The molecule has 0 aromatic carbocycles. The van der Waals surface area contributed by atoms with Crippen LogP contribution in [0.1, 0.15) is 28.2 Å². The molecule has 1 aromatic rings. The van der Waals surface area contributed by atoms with Gasteiger partial charge in [0, 0.05) is 37.9 Å². The SMILES string of the molecule is Cn1nc(C(=O)NCCCO)c2c1CCS(=O)(=O)C2. The highest BCUT2D eigenvalue weighted by atomic mass is 32.2. The van der Waals surface area contributed by atoms with E-state index >= 15 is 0 Å². The van der Waals surface area contributed by atoms with E-state index in [1.165, 1.54) is 0 Å². The first-order valence-electron chi connectivity index (χ1n) is 6.09. The Hall–Kier alpha value is -1.41. The number of fused-ring (bicyclic) bond motifs is 1. The molecular formula is C11H17N3O4S. The number of rotatable bonds is 4. The van der Waals surface area contributed by atoms with Crippen LogP contribution in [0.15, 0.2) is 0 Å². The predicted molar refractivity (Wildman–Crippen MR) is 68.4 cm³/mol. The number of aliphatic hydroxyl groups is 1. The Morgan fingerprint density at radius 3 is 2.95 bits per heavy atom. The first kappa shape index (κ1) is 14.0. The first-order chi connectivity index (χ1) is 8.94. The van der Waals surface area contributed by atoms with Gasteiger partial charge in [0.1, 0.15) is 0 Å². The molecule has 2 rings (SSSR count). The number of hydrogen-bond donors (Lipinski definition) is 2. The van der Waals surface area contributed by atoms with E-state index in [4.69, 9.17) is 5.11 Å². The summed E-state index contributed by atoms with van der Waals surface area (Å²) in [6, 6.07) is 0. The van der Waals surface area contributed by atoms with Crippen molar-refractivity contribution in [1.29, 1.82) is 0 Å². The van der Waals surface area contributed by atoms with Crippen LogP contribution in [0.4, 0.5) is 0 Å². The van der Waals surface area contributed by atoms with E-state index in [9.17, 15) is 13.2 Å². The van der Waals surface area contributed by atoms with Gasteiger partial charge in [-0.3, -0.25) is 9.48 Å². The molecule has 2 N–H and O–H groups in total. The molecule has 0 saturated heterocycles. The van der Waals surface area contributed by atoms with E-state index in [0.717, 1.165) is 5.69 Å². The summed E-state index contributed by atoms with van der Waals surface area (Å²) in [5, 5.41) is 15.4. The number of aryl methyl sites for hydroxylation is 1. The molecule has 1 aliphatic rings. The zero-order valence-electron chi connectivity index (χ0n) is 10.7. The van der Waals surface area contributed by atoms with Gasteiger partial charge in [-0.1, -0.05) is 0 Å². The van der Waals surface area contributed by atoms with Gasteiger partial charge in [-0.05, 0) is 6.42 Å². The van der Waals surface area contributed by atoms with Crippen molar-refractivity contribution in [2.45, 2.75) is 18.6 Å². The fraction of sp³-hybridized carbons (Fsp3) is 0.636. The number of hydrogen-bond acceptors (Lipinski definition) is 5. The summed E-state index contributed by atoms with van der Waals surface area (Å²) in [4.78, 5) is 12.0. The molecule has 0 spiro atoms. The second kappa shape index (κ2) is 5.30. The standard InChI is InChI=1S/C11H17N3O4S/c1-14-9-3-6-19(17,18)7-8(9)10(13-14)11(16)12-4-2-5-15/h15H,2-7H2,1H3,(H,12,16). The number of aromatic nitrogens is 2. The quantitative estimate of drug-likeness (QED) is 0.692. The van der Waals surface area contributed by atoms with Crippen molar-refractivity contribution < 1.29 is 18.3 Å². The Bertz CT molecular complexity index is 591. The van der Waals surface area contributed by atoms with Crippen molar-refractivity contribution in [1.82, 2.24) is 15.1 Å². The number of carbonyl (C=O) groups is 1. The third-order valence-electron chi connectivity index (χ3n) is 3.12. The van der Waals surface area contributed by atoms with Crippen LogP contribution >= 0.6 is 0 Å². The fourth-order valence-electron chi connectivity index (χ4n) is 2.16. The van der Waals surface area contributed by atoms with Crippen LogP contribution < -0.4 is 5.32 Å². The minimum absolute atomic E-state index is 0.00498. The maximum absolute atomic E-state index is 12.0. The molecule has 0 bridgehead atoms. The number of carbonyl (C=O) groups excluding carboxylic acids is 1. The Morgan fingerprint density at radius 1 is 1.53 bits per heavy atom. The van der Waals surface area contributed by atoms with E-state index in [1.807, 2.05) is 0 Å². The van der Waals surface area contributed by atoms with E-state index in [-0.39, 0.29) is 29.7 Å². The van der Waals surface area contributed by atoms with Gasteiger partial charge in [0.05, 0.1) is 11.5 Å². The van der Waals surface area contributed by atoms with Gasteiger partial charge in [-0.2, -0.15) is 5.10 Å². The van der Waals surface area contributed by atoms with Crippen LogP contribution in [-0.2, 0) is 29.1 Å². The molecule has 0 unspecified atom stereocenters. The number of sulfone groups is 1. The number of nitrogens with one attached hydrogen (secondary N) is 1. The lowest BCUT2D eigenvalue weighted by Gasteiger charge is -2.13. The molecule has 106 valence electrons. The summed E-state index contributed by atoms with van der Waals surface area (Å²) in [5.74, 6) is -0.410. The highest BCUT2D eigenvalue weighted by molar-refractivity contribution is 7.90. The van der Waals surface area contributed by atoms with Crippen molar-refractivity contribution in [3.8, 4) is 0 Å². The van der Waals surface area contributed by atoms with Crippen LogP contribution in [-0.4, -0.2) is 48.1 Å². The third kappa shape index (κ3) is 2.95. The molecule has 0 fully saturated rings. The summed E-state index contributed by atoms with van der Waals surface area (Å²) in [5.41, 5.74) is 1.50. The van der Waals surface area contributed by atoms with Crippen molar-refractivity contribution in [3.63, 3.8) is 0 Å². The normalized spacial score (nSPS) is 16.9. The van der Waals surface area contributed by atoms with Gasteiger partial charge < -0.3 is 10.4 Å². The molecule has 19 heavy (non-hydrogen) atoms. The lowest BCUT2D eigenvalue weighted by Crippen LogP contribution is -2.27. The zero-order valence-corrected chi connectivity index (χ0v) is 11.5. The summed E-state index contributed by atoms with van der Waals surface area (Å²) in [7, 11) is -1.43. The molecule has 8 heteroatoms. The number of amides is 1. The zero-order chi connectivity index (χ0) is 14.0. The van der Waals surface area contributed by atoms with Crippen molar-refractivity contribution in [2.75, 3.05) is 18.9 Å². The van der Waals surface area contributed by atoms with E-state index < -0.39 is 9.84 Å². The predicted octanol–water partition coefficient (Wildman–Crippen LogP) is -0.997. The molecule has 0 atom stereocenters. The minimum Gasteiger partial charge on any atom is -0.396 e. The highest BCUT2D eigenvalue weighted by Crippen LogP contribution is 2.23. The summed E-state index contributed by atoms with van der Waals surface area (Å²) in [6.45, 7) is 0.336. The molecule has 1 aliphatic heterocycles. The van der Waals surface area contributed by atoms with Gasteiger partial charge in [0.15, 0.2) is 15.5 Å². The van der Waals surface area contributed by atoms with Crippen LogP contribution in [0.2, 0.25) is 0 Å². The Morgan fingerprint density at radius 2 is 2.26 bits per heavy atom. The van der Waals surface area contributed by atoms with Gasteiger partial charge in [-0.25, -0.2) is 8.42 Å². The van der Waals surface area contributed by atoms with Gasteiger partial charge in [0.2, 0.25) is 0 Å². The van der Waals surface area contributed by atoms with Crippen LogP contribution in [0.3, 0.4) is 0 Å². The maximum atomic E-state index is 12.0. The summed E-state index contributed by atoms with van der Waals surface area (Å²) < 4.78 is 24.9. The minimum atomic E-state index is -3.14. The monoisotopic (exact) mass is 287 g/mol. The van der Waals surface area contributed by atoms with Crippen molar-refractivity contribution in [2.24, 2.45) is 7.05 Å². The number of nitrogens with zero attached hydrogens (tertiary/aromatic N) is 2. The average molecular weight is 287 g/mol. The van der Waals surface area contributed by atoms with Gasteiger partial charge in [0.25, 0.3) is 5.91 Å². The average Bonchev–Trinajstić information content (AvgIpc) is 2.65. The highest BCUT2D eigenvalue weighted by Gasteiger charge is 2.30.